The summed E-state index contributed by atoms with van der Waals surface area (Å²) in [5.74, 6) is 0. The minimum atomic E-state index is -1.42. The molecule has 0 fully saturated rings. The largest absolute Gasteiger partial charge is 3.00 e. The van der Waals surface area contributed by atoms with Gasteiger partial charge in [0.1, 0.15) is 0 Å². The number of fused-ring (bicyclic) bond motifs is 4. The van der Waals surface area contributed by atoms with Crippen LogP contribution in [-0.4, -0.2) is 9.97 Å². The zero-order chi connectivity index (χ0) is 30.4. The van der Waals surface area contributed by atoms with Gasteiger partial charge in [0.05, 0.1) is 0 Å². The van der Waals surface area contributed by atoms with Crippen LogP contribution in [0.2, 0.25) is 0 Å². The molecule has 0 aliphatic rings. The summed E-state index contributed by atoms with van der Waals surface area (Å²) < 4.78 is 24.3. The average Bonchev–Trinajstić information content (AvgIpc) is 3.59. The SMILES string of the molecule is Cc1ccc(-c2[c-]cccc2)nc1.[2H]C([2H])(c1cc2[c-]c(-c3[c-]ccc4c3oc3nc(C)ccc34)ccc2s1)C(C)(C)C.[Ir+3]. The molecule has 210 valence electrons. The zero-order valence-electron chi connectivity index (χ0n) is 26.1. The van der Waals surface area contributed by atoms with Crippen LogP contribution in [0.4, 0.5) is 0 Å². The second-order valence-corrected chi connectivity index (χ2v) is 12.2. The van der Waals surface area contributed by atoms with Gasteiger partial charge in [0.2, 0.25) is 5.71 Å². The first-order valence-electron chi connectivity index (χ1n) is 14.6. The van der Waals surface area contributed by atoms with Gasteiger partial charge in [-0.3, -0.25) is 0 Å². The van der Waals surface area contributed by atoms with Crippen LogP contribution >= 0.6 is 11.3 Å². The van der Waals surface area contributed by atoms with E-state index < -0.39 is 11.8 Å². The predicted octanol–water partition coefficient (Wildman–Crippen LogP) is 10.2. The number of hydrogen-bond acceptors (Lipinski definition) is 4. The molecule has 0 bridgehead atoms. The Morgan fingerprint density at radius 3 is 2.50 bits per heavy atom. The Kier molecular flexibility index (Phi) is 7.98. The van der Waals surface area contributed by atoms with Crippen molar-refractivity contribution < 1.29 is 27.3 Å². The smallest absolute Gasteiger partial charge is 0.494 e. The quantitative estimate of drug-likeness (QED) is 0.169. The molecular weight excluding hydrogens is 713 g/mol. The van der Waals surface area contributed by atoms with E-state index in [1.807, 2.05) is 114 Å². The van der Waals surface area contributed by atoms with Crippen molar-refractivity contribution in [2.75, 3.05) is 0 Å². The van der Waals surface area contributed by atoms with Crippen molar-refractivity contribution >= 4 is 43.5 Å². The second kappa shape index (κ2) is 12.3. The van der Waals surface area contributed by atoms with Crippen molar-refractivity contribution in [2.24, 2.45) is 5.41 Å². The van der Waals surface area contributed by atoms with Crippen LogP contribution in [0, 0.1) is 37.5 Å². The Bertz CT molecular complexity index is 2060. The Morgan fingerprint density at radius 1 is 0.905 bits per heavy atom. The maximum Gasteiger partial charge on any atom is 3.00 e. The van der Waals surface area contributed by atoms with Gasteiger partial charge in [-0.25, -0.2) is 4.98 Å². The molecule has 7 aromatic rings. The molecule has 7 rings (SSSR count). The molecule has 3 aromatic carbocycles. The van der Waals surface area contributed by atoms with Gasteiger partial charge in [-0.2, -0.15) is 46.7 Å². The molecule has 0 spiro atoms. The van der Waals surface area contributed by atoms with Crippen LogP contribution in [-0.2, 0) is 26.5 Å². The summed E-state index contributed by atoms with van der Waals surface area (Å²) in [7, 11) is 0. The molecule has 0 unspecified atom stereocenters. The Labute approximate surface area is 267 Å². The van der Waals surface area contributed by atoms with Crippen LogP contribution in [0.1, 0.15) is 39.6 Å². The molecule has 0 amide bonds. The van der Waals surface area contributed by atoms with Crippen molar-refractivity contribution in [1.82, 2.24) is 9.97 Å². The Morgan fingerprint density at radius 2 is 1.76 bits per heavy atom. The minimum Gasteiger partial charge on any atom is -0.494 e. The molecule has 42 heavy (non-hydrogen) atoms. The fourth-order valence-electron chi connectivity index (χ4n) is 4.64. The van der Waals surface area contributed by atoms with E-state index in [4.69, 9.17) is 7.16 Å². The van der Waals surface area contributed by atoms with Crippen molar-refractivity contribution in [3.63, 3.8) is 0 Å². The standard InChI is InChI=1S/C25H21NOS.C12H10N.Ir/c1-15-8-10-21-20-7-5-6-19(23(20)27-24(21)26-15)16-9-11-22-17(12-16)13-18(28-22)14-25(2,3)4;1-10-7-8-12(13-9-10)11-5-3-2-4-6-11;/h5,7-11,13H,14H2,1-4H3;2-5,7-9H,1H3;/q-2;-1;+3/i14D2;;. The first kappa shape index (κ1) is 27.2. The first-order chi connectivity index (χ1) is 20.5. The van der Waals surface area contributed by atoms with Gasteiger partial charge in [-0.15, -0.1) is 59.5 Å². The van der Waals surface area contributed by atoms with Crippen molar-refractivity contribution in [2.45, 2.75) is 41.0 Å². The van der Waals surface area contributed by atoms with Crippen LogP contribution in [0.15, 0.2) is 89.5 Å². The van der Waals surface area contributed by atoms with Gasteiger partial charge >= 0.3 is 20.1 Å². The van der Waals surface area contributed by atoms with Crippen LogP contribution in [0.3, 0.4) is 0 Å². The van der Waals surface area contributed by atoms with Gasteiger partial charge in [0.15, 0.2) is 0 Å². The Balaban J connectivity index is 0.000000230. The minimum absolute atomic E-state index is 0. The molecule has 0 saturated heterocycles. The third-order valence-corrected chi connectivity index (χ3v) is 7.55. The van der Waals surface area contributed by atoms with E-state index in [9.17, 15) is 0 Å². The van der Waals surface area contributed by atoms with Crippen LogP contribution in [0.5, 0.6) is 0 Å². The monoisotopic (exact) mass is 746 g/mol. The number of benzene rings is 3. The molecule has 0 aliphatic carbocycles. The van der Waals surface area contributed by atoms with Crippen molar-refractivity contribution in [1.29, 1.82) is 0 Å². The average molecular weight is 746 g/mol. The molecule has 4 aromatic heterocycles. The van der Waals surface area contributed by atoms with E-state index in [0.29, 0.717) is 5.71 Å². The van der Waals surface area contributed by atoms with Crippen LogP contribution < -0.4 is 0 Å². The third kappa shape index (κ3) is 6.55. The number of rotatable bonds is 3. The summed E-state index contributed by atoms with van der Waals surface area (Å²) in [5, 5.41) is 2.91. The maximum atomic E-state index is 8.59. The zero-order valence-corrected chi connectivity index (χ0v) is 27.3. The van der Waals surface area contributed by atoms with E-state index in [0.717, 1.165) is 59.4 Å². The number of pyridine rings is 2. The van der Waals surface area contributed by atoms with Gasteiger partial charge in [0.25, 0.3) is 0 Å². The molecule has 0 atom stereocenters. The maximum absolute atomic E-state index is 8.59. The number of hydrogen-bond donors (Lipinski definition) is 0. The van der Waals surface area contributed by atoms with E-state index >= 15 is 0 Å². The molecule has 0 saturated carbocycles. The van der Waals surface area contributed by atoms with Gasteiger partial charge < -0.3 is 9.40 Å². The second-order valence-electron chi connectivity index (χ2n) is 11.1. The van der Waals surface area contributed by atoms with Gasteiger partial charge in [-0.05, 0) is 58.6 Å². The van der Waals surface area contributed by atoms with E-state index in [-0.39, 0.29) is 20.1 Å². The number of thiophene rings is 1. The summed E-state index contributed by atoms with van der Waals surface area (Å²) in [6.07, 6.45) is 0.454. The summed E-state index contributed by atoms with van der Waals surface area (Å²) in [4.78, 5) is 9.56. The van der Waals surface area contributed by atoms with E-state index in [2.05, 4.69) is 34.2 Å². The number of aromatic nitrogens is 2. The summed E-state index contributed by atoms with van der Waals surface area (Å²) >= 11 is 1.49. The molecule has 0 aliphatic heterocycles. The Hall–Kier alpha value is -3.63. The molecule has 0 N–H and O–H groups in total. The predicted molar refractivity (Wildman–Crippen MR) is 171 cm³/mol. The molecule has 5 heteroatoms. The number of furan rings is 1. The van der Waals surface area contributed by atoms with Crippen molar-refractivity contribution in [3.05, 3.63) is 119 Å². The molecular formula is C37H31IrN2OS. The van der Waals surface area contributed by atoms with Crippen LogP contribution in [0.25, 0.3) is 54.5 Å². The molecule has 4 heterocycles. The fraction of sp³-hybridized carbons (Fsp3) is 0.189. The summed E-state index contributed by atoms with van der Waals surface area (Å²) in [6.45, 7) is 9.77. The number of nitrogens with zero attached hydrogens (tertiary/aromatic N) is 2. The normalized spacial score (nSPS) is 12.4. The topological polar surface area (TPSA) is 38.9 Å². The molecule has 3 nitrogen and oxygen atoms in total. The number of aryl methyl sites for hydroxylation is 2. The summed E-state index contributed by atoms with van der Waals surface area (Å²) in [5.41, 5.74) is 6.73. The third-order valence-electron chi connectivity index (χ3n) is 6.53. The molecule has 0 radical (unpaired) electrons. The van der Waals surface area contributed by atoms with Crippen molar-refractivity contribution in [3.8, 4) is 22.4 Å². The van der Waals surface area contributed by atoms with Gasteiger partial charge in [0, 0.05) is 25.6 Å². The first-order valence-corrected chi connectivity index (χ1v) is 14.4. The van der Waals surface area contributed by atoms with Gasteiger partial charge in [-0.1, -0.05) is 38.3 Å². The van der Waals surface area contributed by atoms with E-state index in [1.54, 1.807) is 0 Å². The van der Waals surface area contributed by atoms with E-state index in [1.165, 1.54) is 16.9 Å². The summed E-state index contributed by atoms with van der Waals surface area (Å²) in [6, 6.07) is 35.8. The fourth-order valence-corrected chi connectivity index (χ4v) is 5.77.